The number of nitrogens with two attached hydrogens (primary N) is 1. The quantitative estimate of drug-likeness (QED) is 0.713. The van der Waals surface area contributed by atoms with Crippen LogP contribution >= 0.6 is 0 Å². The lowest BCUT2D eigenvalue weighted by atomic mass is 9.70. The molecule has 1 unspecified atom stereocenters. The predicted molar refractivity (Wildman–Crippen MR) is 49.7 cm³/mol. The van der Waals surface area contributed by atoms with Gasteiger partial charge in [0.2, 0.25) is 5.92 Å². The first kappa shape index (κ1) is 10.9. The van der Waals surface area contributed by atoms with Gasteiger partial charge in [0, 0.05) is 12.8 Å². The molecule has 0 amide bonds. The molecule has 0 aromatic heterocycles. The van der Waals surface area contributed by atoms with E-state index in [-0.39, 0.29) is 24.2 Å². The number of hydrogen-bond donors (Lipinski definition) is 1. The van der Waals surface area contributed by atoms with Crippen molar-refractivity contribution in [3.8, 4) is 0 Å². The zero-order valence-corrected chi connectivity index (χ0v) is 8.45. The molecule has 1 aliphatic rings. The normalized spacial score (nSPS) is 28.8. The first-order chi connectivity index (χ1) is 5.87. The molecule has 0 aromatic carbocycles. The van der Waals surface area contributed by atoms with Crippen LogP contribution in [-0.4, -0.2) is 12.5 Å². The summed E-state index contributed by atoms with van der Waals surface area (Å²) in [5.74, 6) is -2.36. The Labute approximate surface area is 78.7 Å². The summed E-state index contributed by atoms with van der Waals surface area (Å²) in [6.07, 6.45) is 1.63. The predicted octanol–water partition coefficient (Wildman–Crippen LogP) is 2.80. The highest BCUT2D eigenvalue weighted by atomic mass is 19.3. The second-order valence-electron chi connectivity index (χ2n) is 4.84. The van der Waals surface area contributed by atoms with Crippen LogP contribution in [-0.2, 0) is 0 Å². The highest BCUT2D eigenvalue weighted by Crippen LogP contribution is 2.44. The van der Waals surface area contributed by atoms with E-state index in [4.69, 9.17) is 5.73 Å². The van der Waals surface area contributed by atoms with Crippen molar-refractivity contribution in [2.75, 3.05) is 6.54 Å². The van der Waals surface area contributed by atoms with Crippen molar-refractivity contribution in [3.05, 3.63) is 0 Å². The minimum Gasteiger partial charge on any atom is -0.330 e. The summed E-state index contributed by atoms with van der Waals surface area (Å²) in [4.78, 5) is 0. The largest absolute Gasteiger partial charge is 0.330 e. The highest BCUT2D eigenvalue weighted by molar-refractivity contribution is 4.87. The van der Waals surface area contributed by atoms with Crippen molar-refractivity contribution in [1.82, 2.24) is 0 Å². The zero-order chi connectivity index (χ0) is 10.1. The maximum Gasteiger partial charge on any atom is 0.248 e. The molecule has 0 aliphatic heterocycles. The maximum atomic E-state index is 13.1. The third-order valence-corrected chi connectivity index (χ3v) is 3.27. The van der Waals surface area contributed by atoms with Crippen LogP contribution in [0.3, 0.4) is 0 Å². The molecular weight excluding hydrogens is 172 g/mol. The molecule has 0 bridgehead atoms. The molecule has 2 N–H and O–H groups in total. The molecule has 1 fully saturated rings. The Morgan fingerprint density at radius 3 is 2.54 bits per heavy atom. The molecule has 1 aliphatic carbocycles. The van der Waals surface area contributed by atoms with Gasteiger partial charge in [-0.1, -0.05) is 13.8 Å². The molecule has 0 aromatic rings. The standard InChI is InChI=1S/C10H19F2N/c1-9(2,7-13)8-4-3-5-10(11,12)6-8/h8H,3-7,13H2,1-2H3. The van der Waals surface area contributed by atoms with Gasteiger partial charge >= 0.3 is 0 Å². The van der Waals surface area contributed by atoms with Crippen LogP contribution in [0.15, 0.2) is 0 Å². The fraction of sp³-hybridized carbons (Fsp3) is 1.00. The molecule has 1 rings (SSSR count). The van der Waals surface area contributed by atoms with Gasteiger partial charge in [0.05, 0.1) is 0 Å². The Balaban J connectivity index is 2.61. The Bertz CT molecular complexity index is 178. The SMILES string of the molecule is CC(C)(CN)C1CCCC(F)(F)C1. The van der Waals surface area contributed by atoms with Crippen molar-refractivity contribution in [2.24, 2.45) is 17.1 Å². The molecule has 1 nitrogen and oxygen atoms in total. The van der Waals surface area contributed by atoms with E-state index >= 15 is 0 Å². The van der Waals surface area contributed by atoms with Gasteiger partial charge in [0.1, 0.15) is 0 Å². The second kappa shape index (κ2) is 3.52. The van der Waals surface area contributed by atoms with E-state index in [0.717, 1.165) is 6.42 Å². The van der Waals surface area contributed by atoms with Crippen molar-refractivity contribution < 1.29 is 8.78 Å². The minimum atomic E-state index is -2.45. The Kier molecular flexibility index (Phi) is 2.95. The number of hydrogen-bond acceptors (Lipinski definition) is 1. The van der Waals surface area contributed by atoms with Crippen LogP contribution in [0, 0.1) is 11.3 Å². The van der Waals surface area contributed by atoms with E-state index in [9.17, 15) is 8.78 Å². The van der Waals surface area contributed by atoms with Gasteiger partial charge in [-0.3, -0.25) is 0 Å². The molecule has 1 saturated carbocycles. The number of halogens is 2. The van der Waals surface area contributed by atoms with Gasteiger partial charge < -0.3 is 5.73 Å². The molecule has 0 spiro atoms. The van der Waals surface area contributed by atoms with Gasteiger partial charge in [0.25, 0.3) is 0 Å². The fourth-order valence-electron chi connectivity index (χ4n) is 2.01. The van der Waals surface area contributed by atoms with Crippen molar-refractivity contribution >= 4 is 0 Å². The van der Waals surface area contributed by atoms with E-state index in [1.807, 2.05) is 13.8 Å². The fourth-order valence-corrected chi connectivity index (χ4v) is 2.01. The second-order valence-corrected chi connectivity index (χ2v) is 4.84. The van der Waals surface area contributed by atoms with Crippen molar-refractivity contribution in [1.29, 1.82) is 0 Å². The number of alkyl halides is 2. The molecule has 3 heteroatoms. The summed E-state index contributed by atoms with van der Waals surface area (Å²) in [6, 6.07) is 0. The lowest BCUT2D eigenvalue weighted by Gasteiger charge is -2.39. The highest BCUT2D eigenvalue weighted by Gasteiger charge is 2.41. The van der Waals surface area contributed by atoms with Crippen LogP contribution in [0.5, 0.6) is 0 Å². The topological polar surface area (TPSA) is 26.0 Å². The molecular formula is C10H19F2N. The van der Waals surface area contributed by atoms with Gasteiger partial charge in [-0.2, -0.15) is 0 Å². The molecule has 1 atom stereocenters. The van der Waals surface area contributed by atoms with Crippen LogP contribution in [0.1, 0.15) is 39.5 Å². The molecule has 13 heavy (non-hydrogen) atoms. The Hall–Kier alpha value is -0.180. The Morgan fingerprint density at radius 1 is 1.46 bits per heavy atom. The molecule has 0 saturated heterocycles. The molecule has 0 heterocycles. The summed E-state index contributed by atoms with van der Waals surface area (Å²) in [7, 11) is 0. The van der Waals surface area contributed by atoms with Crippen LogP contribution in [0.4, 0.5) is 8.78 Å². The van der Waals surface area contributed by atoms with E-state index in [2.05, 4.69) is 0 Å². The third-order valence-electron chi connectivity index (χ3n) is 3.27. The summed E-state index contributed by atoms with van der Waals surface area (Å²) in [6.45, 7) is 4.46. The summed E-state index contributed by atoms with van der Waals surface area (Å²) in [5, 5.41) is 0. The maximum absolute atomic E-state index is 13.1. The van der Waals surface area contributed by atoms with Crippen LogP contribution in [0.2, 0.25) is 0 Å². The van der Waals surface area contributed by atoms with Crippen molar-refractivity contribution in [3.63, 3.8) is 0 Å². The summed E-state index contributed by atoms with van der Waals surface area (Å²) < 4.78 is 26.2. The monoisotopic (exact) mass is 191 g/mol. The zero-order valence-electron chi connectivity index (χ0n) is 8.45. The van der Waals surface area contributed by atoms with Gasteiger partial charge in [0.15, 0.2) is 0 Å². The summed E-state index contributed by atoms with van der Waals surface area (Å²) >= 11 is 0. The van der Waals surface area contributed by atoms with Gasteiger partial charge in [-0.05, 0) is 30.7 Å². The number of rotatable bonds is 2. The lowest BCUT2D eigenvalue weighted by molar-refractivity contribution is -0.0719. The lowest BCUT2D eigenvalue weighted by Crippen LogP contribution is -2.38. The van der Waals surface area contributed by atoms with E-state index < -0.39 is 5.92 Å². The van der Waals surface area contributed by atoms with Crippen LogP contribution < -0.4 is 5.73 Å². The van der Waals surface area contributed by atoms with Crippen LogP contribution in [0.25, 0.3) is 0 Å². The van der Waals surface area contributed by atoms with E-state index in [1.54, 1.807) is 0 Å². The minimum absolute atomic E-state index is 0.0250. The smallest absolute Gasteiger partial charge is 0.248 e. The molecule has 0 radical (unpaired) electrons. The van der Waals surface area contributed by atoms with Gasteiger partial charge in [-0.15, -0.1) is 0 Å². The third kappa shape index (κ3) is 2.63. The van der Waals surface area contributed by atoms with E-state index in [0.29, 0.717) is 13.0 Å². The van der Waals surface area contributed by atoms with Crippen molar-refractivity contribution in [2.45, 2.75) is 45.5 Å². The molecule has 78 valence electrons. The average molecular weight is 191 g/mol. The Morgan fingerprint density at radius 2 is 2.08 bits per heavy atom. The van der Waals surface area contributed by atoms with E-state index in [1.165, 1.54) is 0 Å². The average Bonchev–Trinajstić information content (AvgIpc) is 2.03. The van der Waals surface area contributed by atoms with Gasteiger partial charge in [-0.25, -0.2) is 8.78 Å². The summed E-state index contributed by atoms with van der Waals surface area (Å²) in [5.41, 5.74) is 5.45. The first-order valence-electron chi connectivity index (χ1n) is 4.95. The first-order valence-corrected chi connectivity index (χ1v) is 4.95.